The predicted octanol–water partition coefficient (Wildman–Crippen LogP) is 4.25. The topological polar surface area (TPSA) is 129 Å². The molecule has 1 saturated carbocycles. The van der Waals surface area contributed by atoms with Crippen molar-refractivity contribution in [3.05, 3.63) is 65.2 Å². The number of carbonyl (C=O) groups excluding carboxylic acids is 1. The predicted molar refractivity (Wildman–Crippen MR) is 139 cm³/mol. The third kappa shape index (κ3) is 5.14. The van der Waals surface area contributed by atoms with E-state index in [4.69, 9.17) is 26.6 Å². The number of hydrogen-bond acceptors (Lipinski definition) is 6. The molecule has 0 saturated heterocycles. The quantitative estimate of drug-likeness (QED) is 0.317. The van der Waals surface area contributed by atoms with Gasteiger partial charge in [-0.1, -0.05) is 48.0 Å². The second-order valence-electron chi connectivity index (χ2n) is 9.08. The number of ether oxygens (including phenoxy) is 1. The van der Waals surface area contributed by atoms with Gasteiger partial charge in [-0.3, -0.25) is 4.79 Å². The number of rotatable bonds is 8. The number of fused-ring (bicyclic) bond motifs is 1. The fraction of sp³-hybridized carbons (Fsp3) is 0.259. The van der Waals surface area contributed by atoms with Gasteiger partial charge in [-0.15, -0.1) is 0 Å². The minimum absolute atomic E-state index is 0.0138. The van der Waals surface area contributed by atoms with E-state index in [1.54, 1.807) is 37.4 Å². The van der Waals surface area contributed by atoms with Crippen LogP contribution in [0.3, 0.4) is 0 Å². The number of benzene rings is 2. The molecule has 0 aliphatic heterocycles. The smallest absolute Gasteiger partial charge is 0.335 e. The maximum atomic E-state index is 12.3. The van der Waals surface area contributed by atoms with E-state index in [1.165, 1.54) is 4.90 Å². The molecule has 1 aliphatic rings. The van der Waals surface area contributed by atoms with Crippen molar-refractivity contribution in [1.82, 2.24) is 19.9 Å². The number of aliphatic hydroxyl groups excluding tert-OH is 1. The lowest BCUT2D eigenvalue weighted by Crippen LogP contribution is -2.45. The van der Waals surface area contributed by atoms with Crippen molar-refractivity contribution in [2.45, 2.75) is 18.9 Å². The molecule has 10 heteroatoms. The highest BCUT2D eigenvalue weighted by atomic mass is 35.5. The van der Waals surface area contributed by atoms with E-state index in [0.29, 0.717) is 47.3 Å². The molecule has 37 heavy (non-hydrogen) atoms. The fourth-order valence-corrected chi connectivity index (χ4v) is 4.63. The molecule has 4 aromatic rings. The van der Waals surface area contributed by atoms with Crippen LogP contribution in [0.15, 0.2) is 54.6 Å². The maximum absolute atomic E-state index is 12.3. The molecule has 9 nitrogen and oxygen atoms in total. The van der Waals surface area contributed by atoms with Gasteiger partial charge in [0.1, 0.15) is 6.10 Å². The van der Waals surface area contributed by atoms with E-state index in [1.807, 2.05) is 24.3 Å². The average Bonchev–Trinajstić information content (AvgIpc) is 3.26. The normalized spacial score (nSPS) is 16.8. The Labute approximate surface area is 217 Å². The van der Waals surface area contributed by atoms with Crippen molar-refractivity contribution in [1.29, 1.82) is 0 Å². The number of nitrogens with zero attached hydrogens (tertiary/aromatic N) is 3. The van der Waals surface area contributed by atoms with Crippen LogP contribution in [0.2, 0.25) is 5.02 Å². The van der Waals surface area contributed by atoms with Crippen LogP contribution >= 0.6 is 11.6 Å². The van der Waals surface area contributed by atoms with Gasteiger partial charge in [-0.2, -0.15) is 4.98 Å². The number of carboxylic acid groups (broad SMARTS) is 1. The molecule has 2 heterocycles. The number of carbonyl (C=O) groups is 2. The van der Waals surface area contributed by atoms with Crippen molar-refractivity contribution in [3.63, 3.8) is 0 Å². The molecule has 5 rings (SSSR count). The summed E-state index contributed by atoms with van der Waals surface area (Å²) < 4.78 is 5.92. The van der Waals surface area contributed by atoms with E-state index in [0.717, 1.165) is 16.7 Å². The molecular formula is C27H25ClN4O5. The molecule has 0 bridgehead atoms. The van der Waals surface area contributed by atoms with Gasteiger partial charge in [0, 0.05) is 25.1 Å². The van der Waals surface area contributed by atoms with Gasteiger partial charge in [0.2, 0.25) is 5.91 Å². The number of aromatic carboxylic acids is 1. The number of pyridine rings is 1. The number of imidazole rings is 1. The Morgan fingerprint density at radius 1 is 1.05 bits per heavy atom. The third-order valence-electron chi connectivity index (χ3n) is 6.56. The summed E-state index contributed by atoms with van der Waals surface area (Å²) in [4.78, 5) is 37.1. The van der Waals surface area contributed by atoms with Crippen LogP contribution < -0.4 is 4.74 Å². The van der Waals surface area contributed by atoms with Gasteiger partial charge in [0.05, 0.1) is 28.4 Å². The summed E-state index contributed by atoms with van der Waals surface area (Å²) in [7, 11) is 1.69. The van der Waals surface area contributed by atoms with Crippen molar-refractivity contribution < 1.29 is 24.5 Å². The maximum Gasteiger partial charge on any atom is 0.335 e. The van der Waals surface area contributed by atoms with Gasteiger partial charge in [-0.05, 0) is 42.2 Å². The van der Waals surface area contributed by atoms with Crippen molar-refractivity contribution in [3.8, 4) is 28.4 Å². The van der Waals surface area contributed by atoms with Crippen LogP contribution in [0.4, 0.5) is 0 Å². The van der Waals surface area contributed by atoms with Crippen molar-refractivity contribution >= 4 is 34.6 Å². The van der Waals surface area contributed by atoms with Gasteiger partial charge >= 0.3 is 5.97 Å². The molecule has 190 valence electrons. The van der Waals surface area contributed by atoms with Crippen LogP contribution in [0.5, 0.6) is 6.01 Å². The number of amides is 1. The van der Waals surface area contributed by atoms with E-state index >= 15 is 0 Å². The number of nitrogens with one attached hydrogen (secondary N) is 1. The minimum Gasteiger partial charge on any atom is -0.478 e. The molecule has 2 aromatic heterocycles. The first kappa shape index (κ1) is 24.7. The fourth-order valence-electron chi connectivity index (χ4n) is 4.37. The Balaban J connectivity index is 1.28. The zero-order valence-corrected chi connectivity index (χ0v) is 20.8. The lowest BCUT2D eigenvalue weighted by molar-refractivity contribution is -0.140. The number of H-pyrrole nitrogens is 1. The second-order valence-corrected chi connectivity index (χ2v) is 9.49. The molecule has 3 N–H and O–H groups in total. The Morgan fingerprint density at radius 2 is 1.68 bits per heavy atom. The summed E-state index contributed by atoms with van der Waals surface area (Å²) in [6.45, 7) is 0.264. The summed E-state index contributed by atoms with van der Waals surface area (Å²) in [5, 5.41) is 18.5. The molecule has 1 aliphatic carbocycles. The molecule has 1 amide bonds. The lowest BCUT2D eigenvalue weighted by atomic mass is 9.81. The van der Waals surface area contributed by atoms with Crippen LogP contribution in [0.25, 0.3) is 33.5 Å². The van der Waals surface area contributed by atoms with Gasteiger partial charge < -0.3 is 24.8 Å². The number of carboxylic acids is 1. The van der Waals surface area contributed by atoms with Crippen LogP contribution in [0, 0.1) is 5.92 Å². The van der Waals surface area contributed by atoms with Gasteiger partial charge in [0.25, 0.3) is 6.01 Å². The Hall–Kier alpha value is -3.95. The Morgan fingerprint density at radius 3 is 2.30 bits per heavy atom. The summed E-state index contributed by atoms with van der Waals surface area (Å²) in [6.07, 6.45) is 1.07. The molecule has 0 spiro atoms. The Bertz CT molecular complexity index is 1450. The molecule has 0 radical (unpaired) electrons. The first-order valence-corrected chi connectivity index (χ1v) is 12.2. The largest absolute Gasteiger partial charge is 0.478 e. The molecule has 0 unspecified atom stereocenters. The van der Waals surface area contributed by atoms with E-state index < -0.39 is 5.97 Å². The molecule has 0 atom stereocenters. The number of aromatic amines is 1. The molecular weight excluding hydrogens is 496 g/mol. The number of halogens is 1. The number of aromatic nitrogens is 3. The van der Waals surface area contributed by atoms with Crippen LogP contribution in [-0.2, 0) is 4.79 Å². The van der Waals surface area contributed by atoms with Gasteiger partial charge in [0.15, 0.2) is 5.65 Å². The highest BCUT2D eigenvalue weighted by Gasteiger charge is 2.38. The highest BCUT2D eigenvalue weighted by molar-refractivity contribution is 6.33. The second kappa shape index (κ2) is 10.2. The van der Waals surface area contributed by atoms with E-state index in [2.05, 4.69) is 15.0 Å². The number of hydrogen-bond donors (Lipinski definition) is 3. The summed E-state index contributed by atoms with van der Waals surface area (Å²) >= 11 is 6.54. The van der Waals surface area contributed by atoms with Crippen LogP contribution in [-0.4, -0.2) is 68.2 Å². The van der Waals surface area contributed by atoms with Gasteiger partial charge in [-0.25, -0.2) is 9.78 Å². The minimum atomic E-state index is -0.959. The number of likely N-dealkylation sites (N-methyl/N-ethyl adjacent to an activating group) is 1. The first-order valence-electron chi connectivity index (χ1n) is 11.9. The Kier molecular flexibility index (Phi) is 6.82. The highest BCUT2D eigenvalue weighted by Crippen LogP contribution is 2.34. The first-order chi connectivity index (χ1) is 17.8. The van der Waals surface area contributed by atoms with E-state index in [-0.39, 0.29) is 30.1 Å². The zero-order valence-electron chi connectivity index (χ0n) is 20.0. The summed E-state index contributed by atoms with van der Waals surface area (Å²) in [5.41, 5.74) is 4.60. The lowest BCUT2D eigenvalue weighted by Gasteiger charge is -2.35. The summed E-state index contributed by atoms with van der Waals surface area (Å²) in [5.74, 6) is -1.05. The molecule has 2 aromatic carbocycles. The van der Waals surface area contributed by atoms with Crippen LogP contribution in [0.1, 0.15) is 23.2 Å². The zero-order chi connectivity index (χ0) is 26.1. The third-order valence-corrected chi connectivity index (χ3v) is 6.85. The standard InChI is InChI=1S/C27H25ClN4O5/c1-32(10-11-33)25(34)19-12-20(13-19)37-27-29-22-14-21(28)23(30-24(22)31-27)17-6-2-15(3-7-17)16-4-8-18(9-5-16)26(35)36/h2-9,14,19-20,33H,10-13H2,1H3,(H,35,36)(H,29,30,31)/t19-,20+. The number of aliphatic hydroxyl groups is 1. The van der Waals surface area contributed by atoms with Crippen molar-refractivity contribution in [2.75, 3.05) is 20.2 Å². The summed E-state index contributed by atoms with van der Waals surface area (Å²) in [6, 6.07) is 16.5. The van der Waals surface area contributed by atoms with Crippen molar-refractivity contribution in [2.24, 2.45) is 5.92 Å². The average molecular weight is 521 g/mol. The SMILES string of the molecule is CN(CCO)C(=O)[C@H]1C[C@@H](Oc2nc3nc(-c4ccc(-c5ccc(C(=O)O)cc5)cc4)c(Cl)cc3[nH]2)C1. The monoisotopic (exact) mass is 520 g/mol. The van der Waals surface area contributed by atoms with E-state index in [9.17, 15) is 9.59 Å². The molecule has 1 fully saturated rings.